The summed E-state index contributed by atoms with van der Waals surface area (Å²) in [4.78, 5) is 26.8. The maximum absolute atomic E-state index is 14.0. The van der Waals surface area contributed by atoms with Gasteiger partial charge >= 0.3 is 12.1 Å². The van der Waals surface area contributed by atoms with Crippen LogP contribution in [0.25, 0.3) is 0 Å². The van der Waals surface area contributed by atoms with Crippen LogP contribution in [0.5, 0.6) is 0 Å². The first-order valence-electron chi connectivity index (χ1n) is 17.3. The zero-order valence-electron chi connectivity index (χ0n) is 28.5. The topological polar surface area (TPSA) is 137 Å². The van der Waals surface area contributed by atoms with Crippen molar-refractivity contribution < 1.29 is 36.3 Å². The Labute approximate surface area is 284 Å². The summed E-state index contributed by atoms with van der Waals surface area (Å²) in [5, 5.41) is 5.05. The lowest BCUT2D eigenvalue weighted by molar-refractivity contribution is -0.151. The molecule has 0 spiro atoms. The van der Waals surface area contributed by atoms with Gasteiger partial charge < -0.3 is 25.8 Å². The molecule has 1 fully saturated rings. The first kappa shape index (κ1) is 39.3. The van der Waals surface area contributed by atoms with Crippen LogP contribution >= 0.6 is 0 Å². The number of aryl methyl sites for hydroxylation is 1. The van der Waals surface area contributed by atoms with Gasteiger partial charge in [-0.1, -0.05) is 64.3 Å². The van der Waals surface area contributed by atoms with Crippen molar-refractivity contribution in [1.29, 1.82) is 0 Å². The summed E-state index contributed by atoms with van der Waals surface area (Å²) in [6, 6.07) is 8.57. The fraction of sp³-hybridized carbons (Fsp3) is 0.611. The van der Waals surface area contributed by atoms with E-state index >= 15 is 0 Å². The Morgan fingerprint density at radius 1 is 0.938 bits per heavy atom. The molecule has 9 nitrogen and oxygen atoms in total. The smallest absolute Gasteiger partial charge is 0.408 e. The molecule has 4 N–H and O–H groups in total. The van der Waals surface area contributed by atoms with Crippen LogP contribution in [0.15, 0.2) is 42.5 Å². The second kappa shape index (κ2) is 19.8. The average molecular weight is 694 g/mol. The van der Waals surface area contributed by atoms with Gasteiger partial charge in [-0.05, 0) is 80.2 Å². The molecule has 3 rings (SSSR count). The van der Waals surface area contributed by atoms with E-state index in [0.717, 1.165) is 55.0 Å². The van der Waals surface area contributed by atoms with E-state index in [0.29, 0.717) is 45.1 Å². The molecule has 0 heterocycles. The molecule has 0 aromatic heterocycles. The molecule has 2 aromatic carbocycles. The first-order valence-corrected chi connectivity index (χ1v) is 19.0. The molecule has 0 unspecified atom stereocenters. The molecule has 1 aliphatic rings. The number of carbonyl (C=O) groups is 2. The van der Waals surface area contributed by atoms with E-state index in [1.54, 1.807) is 0 Å². The third kappa shape index (κ3) is 13.1. The molecule has 1 aliphatic carbocycles. The summed E-state index contributed by atoms with van der Waals surface area (Å²) in [6.45, 7) is 6.32. The van der Waals surface area contributed by atoms with Crippen molar-refractivity contribution in [2.75, 3.05) is 12.3 Å². The Morgan fingerprint density at radius 3 is 2.21 bits per heavy atom. The lowest BCUT2D eigenvalue weighted by Crippen LogP contribution is -2.52. The van der Waals surface area contributed by atoms with Gasteiger partial charge in [0.2, 0.25) is 0 Å². The third-order valence-electron chi connectivity index (χ3n) is 8.74. The molecule has 3 atom stereocenters. The SMILES string of the molecule is CCCC(CCC)S(=O)(=O)C[C@H](NC(=O)OC1CCCCC1)C(=O)O[C@H](CNCc1cccc(CC)c1)[C@@H](N)Cc1cc(F)cc(F)c1. The quantitative estimate of drug-likeness (QED) is 0.155. The molecule has 0 bridgehead atoms. The normalized spacial score (nSPS) is 15.9. The van der Waals surface area contributed by atoms with E-state index < -0.39 is 62.7 Å². The average Bonchev–Trinajstić information content (AvgIpc) is 3.03. The van der Waals surface area contributed by atoms with E-state index in [2.05, 4.69) is 23.6 Å². The maximum Gasteiger partial charge on any atom is 0.408 e. The van der Waals surface area contributed by atoms with Crippen LogP contribution in [0.1, 0.15) is 95.2 Å². The van der Waals surface area contributed by atoms with Crippen molar-refractivity contribution in [2.24, 2.45) is 5.73 Å². The minimum Gasteiger partial charge on any atom is -0.458 e. The van der Waals surface area contributed by atoms with E-state index in [1.165, 1.54) is 0 Å². The molecule has 48 heavy (non-hydrogen) atoms. The number of nitrogens with one attached hydrogen (secondary N) is 2. The summed E-state index contributed by atoms with van der Waals surface area (Å²) >= 11 is 0. The summed E-state index contributed by atoms with van der Waals surface area (Å²) in [5.74, 6) is -3.17. The summed E-state index contributed by atoms with van der Waals surface area (Å²) < 4.78 is 66.6. The summed E-state index contributed by atoms with van der Waals surface area (Å²) in [5.41, 5.74) is 8.93. The van der Waals surface area contributed by atoms with E-state index in [9.17, 15) is 26.8 Å². The lowest BCUT2D eigenvalue weighted by Gasteiger charge is -2.28. The third-order valence-corrected chi connectivity index (χ3v) is 11.0. The fourth-order valence-electron chi connectivity index (χ4n) is 6.16. The predicted molar refractivity (Wildman–Crippen MR) is 183 cm³/mol. The number of hydrogen-bond donors (Lipinski definition) is 3. The Bertz CT molecular complexity index is 1390. The van der Waals surface area contributed by atoms with Crippen molar-refractivity contribution in [3.05, 3.63) is 70.8 Å². The first-order chi connectivity index (χ1) is 22.9. The van der Waals surface area contributed by atoms with Crippen molar-refractivity contribution in [1.82, 2.24) is 10.6 Å². The highest BCUT2D eigenvalue weighted by atomic mass is 32.2. The van der Waals surface area contributed by atoms with Crippen LogP contribution in [0.3, 0.4) is 0 Å². The highest BCUT2D eigenvalue weighted by Crippen LogP contribution is 2.21. The number of ether oxygens (including phenoxy) is 2. The molecule has 1 saturated carbocycles. The van der Waals surface area contributed by atoms with Gasteiger partial charge in [0.15, 0.2) is 9.84 Å². The molecule has 268 valence electrons. The summed E-state index contributed by atoms with van der Waals surface area (Å²) in [6.07, 6.45) is 4.98. The number of nitrogens with two attached hydrogens (primary N) is 1. The van der Waals surface area contributed by atoms with E-state index in [4.69, 9.17) is 15.2 Å². The summed E-state index contributed by atoms with van der Waals surface area (Å²) in [7, 11) is -3.84. The van der Waals surface area contributed by atoms with Crippen LogP contribution < -0.4 is 16.4 Å². The van der Waals surface area contributed by atoms with Gasteiger partial charge in [-0.25, -0.2) is 26.8 Å². The van der Waals surface area contributed by atoms with Crippen molar-refractivity contribution in [2.45, 2.75) is 127 Å². The van der Waals surface area contributed by atoms with Gasteiger partial charge in [0.1, 0.15) is 29.9 Å². The molecule has 12 heteroatoms. The van der Waals surface area contributed by atoms with Gasteiger partial charge in [-0.15, -0.1) is 0 Å². The molecule has 0 radical (unpaired) electrons. The lowest BCUT2D eigenvalue weighted by atomic mass is 9.98. The maximum atomic E-state index is 14.0. The molecular weight excluding hydrogens is 640 g/mol. The number of carbonyl (C=O) groups excluding carboxylic acids is 2. The Kier molecular flexibility index (Phi) is 16.2. The Balaban J connectivity index is 1.84. The van der Waals surface area contributed by atoms with Crippen molar-refractivity contribution in [3.63, 3.8) is 0 Å². The number of amides is 1. The van der Waals surface area contributed by atoms with Crippen LogP contribution in [-0.4, -0.2) is 62.3 Å². The fourth-order valence-corrected chi connectivity index (χ4v) is 8.30. The second-order valence-electron chi connectivity index (χ2n) is 12.8. The van der Waals surface area contributed by atoms with Crippen LogP contribution in [0, 0.1) is 11.6 Å². The number of esters is 1. The molecule has 2 aromatic rings. The highest BCUT2D eigenvalue weighted by Gasteiger charge is 2.36. The monoisotopic (exact) mass is 693 g/mol. The zero-order valence-corrected chi connectivity index (χ0v) is 29.3. The van der Waals surface area contributed by atoms with E-state index in [1.807, 2.05) is 32.0 Å². The van der Waals surface area contributed by atoms with Gasteiger partial charge in [0.25, 0.3) is 0 Å². The number of halogens is 2. The Morgan fingerprint density at radius 2 is 1.58 bits per heavy atom. The number of sulfone groups is 1. The standard InChI is InChI=1S/C36H53F2N3O6S/c1-4-11-31(12-5-2)48(44,45)24-33(41-36(43)46-30-15-8-7-9-16-30)35(42)47-34(23-40-22-26-14-10-13-25(6-3)17-26)32(39)20-27-18-28(37)21-29(38)19-27/h10,13-14,17-19,21,30-34,40H,4-9,11-12,15-16,20,22-24,39H2,1-3H3,(H,41,43)/t32-,33-,34+/m0/s1. The highest BCUT2D eigenvalue weighted by molar-refractivity contribution is 7.92. The van der Waals surface area contributed by atoms with Gasteiger partial charge in [0.05, 0.1) is 11.0 Å². The minimum absolute atomic E-state index is 0.0329. The number of hydrogen-bond acceptors (Lipinski definition) is 8. The molecule has 0 saturated heterocycles. The largest absolute Gasteiger partial charge is 0.458 e. The van der Waals surface area contributed by atoms with Crippen molar-refractivity contribution in [3.8, 4) is 0 Å². The second-order valence-corrected chi connectivity index (χ2v) is 15.1. The number of rotatable bonds is 19. The number of benzene rings is 2. The van der Waals surface area contributed by atoms with E-state index in [-0.39, 0.29) is 24.6 Å². The molecular formula is C36H53F2N3O6S. The minimum atomic E-state index is -3.84. The predicted octanol–water partition coefficient (Wildman–Crippen LogP) is 5.91. The Hall–Kier alpha value is -3.09. The van der Waals surface area contributed by atoms with Crippen molar-refractivity contribution >= 4 is 21.9 Å². The van der Waals surface area contributed by atoms with Gasteiger partial charge in [-0.2, -0.15) is 0 Å². The van der Waals surface area contributed by atoms with Crippen LogP contribution in [0.4, 0.5) is 13.6 Å². The number of alkyl carbamates (subject to hydrolysis) is 1. The van der Waals surface area contributed by atoms with Gasteiger partial charge in [0, 0.05) is 25.2 Å². The molecule has 0 aliphatic heterocycles. The zero-order chi connectivity index (χ0) is 35.1. The molecule has 1 amide bonds. The van der Waals surface area contributed by atoms with Crippen LogP contribution in [0.2, 0.25) is 0 Å². The van der Waals surface area contributed by atoms with Crippen LogP contribution in [-0.2, 0) is 43.5 Å². The van der Waals surface area contributed by atoms with Gasteiger partial charge in [-0.3, -0.25) is 0 Å².